The van der Waals surface area contributed by atoms with E-state index in [9.17, 15) is 9.59 Å². The van der Waals surface area contributed by atoms with Gasteiger partial charge in [-0.15, -0.1) is 0 Å². The van der Waals surface area contributed by atoms with E-state index >= 15 is 0 Å². The lowest BCUT2D eigenvalue weighted by molar-refractivity contribution is 0.616. The molecular formula is C14H21N5O2. The fraction of sp³-hybridized carbons (Fsp3) is 0.643. The van der Waals surface area contributed by atoms with Crippen molar-refractivity contribution in [2.24, 2.45) is 14.1 Å². The number of aromatic amines is 1. The molecule has 0 bridgehead atoms. The minimum atomic E-state index is -0.361. The van der Waals surface area contributed by atoms with Crippen LogP contribution in [0.5, 0.6) is 0 Å². The molecule has 0 aromatic carbocycles. The monoisotopic (exact) mass is 291 g/mol. The van der Waals surface area contributed by atoms with Gasteiger partial charge >= 0.3 is 5.69 Å². The van der Waals surface area contributed by atoms with Crippen molar-refractivity contribution < 1.29 is 0 Å². The van der Waals surface area contributed by atoms with Crippen molar-refractivity contribution in [3.63, 3.8) is 0 Å². The summed E-state index contributed by atoms with van der Waals surface area (Å²) in [5.41, 5.74) is 0.0736. The Hall–Kier alpha value is -2.05. The zero-order chi connectivity index (χ0) is 15.0. The molecule has 2 N–H and O–H groups in total. The second kappa shape index (κ2) is 5.38. The van der Waals surface area contributed by atoms with Gasteiger partial charge in [0.2, 0.25) is 5.95 Å². The van der Waals surface area contributed by atoms with Crippen LogP contribution in [0.4, 0.5) is 5.95 Å². The Kier molecular flexibility index (Phi) is 3.57. The molecule has 0 spiro atoms. The first kappa shape index (κ1) is 13.9. The highest BCUT2D eigenvalue weighted by Gasteiger charge is 2.16. The summed E-state index contributed by atoms with van der Waals surface area (Å²) in [5, 5.41) is 3.37. The van der Waals surface area contributed by atoms with E-state index in [1.807, 2.05) is 0 Å². The van der Waals surface area contributed by atoms with E-state index in [-0.39, 0.29) is 11.2 Å². The van der Waals surface area contributed by atoms with Gasteiger partial charge in [-0.1, -0.05) is 25.7 Å². The Balaban J connectivity index is 1.98. The lowest BCUT2D eigenvalue weighted by atomic mass is 10.1. The largest absolute Gasteiger partial charge is 0.353 e. The van der Waals surface area contributed by atoms with Gasteiger partial charge in [-0.25, -0.2) is 4.79 Å². The maximum Gasteiger partial charge on any atom is 0.332 e. The van der Waals surface area contributed by atoms with Crippen LogP contribution in [-0.4, -0.2) is 25.1 Å². The fourth-order valence-corrected chi connectivity index (χ4v) is 3.01. The highest BCUT2D eigenvalue weighted by molar-refractivity contribution is 5.72. The molecule has 2 heterocycles. The number of H-pyrrole nitrogens is 1. The van der Waals surface area contributed by atoms with Crippen molar-refractivity contribution >= 4 is 17.1 Å². The fourth-order valence-electron chi connectivity index (χ4n) is 3.01. The number of anilines is 1. The Labute approximate surface area is 122 Å². The van der Waals surface area contributed by atoms with Crippen LogP contribution in [0.15, 0.2) is 9.59 Å². The number of aromatic nitrogens is 4. The highest BCUT2D eigenvalue weighted by Crippen LogP contribution is 2.20. The number of hydrogen-bond acceptors (Lipinski definition) is 4. The molecule has 0 saturated heterocycles. The van der Waals surface area contributed by atoms with Gasteiger partial charge in [-0.3, -0.25) is 13.9 Å². The van der Waals surface area contributed by atoms with E-state index in [4.69, 9.17) is 0 Å². The minimum absolute atomic E-state index is 0.338. The minimum Gasteiger partial charge on any atom is -0.353 e. The topological polar surface area (TPSA) is 84.7 Å². The summed E-state index contributed by atoms with van der Waals surface area (Å²) in [6, 6.07) is 0.383. The number of nitrogens with zero attached hydrogens (tertiary/aromatic N) is 3. The number of fused-ring (bicyclic) bond motifs is 1. The second-order valence-corrected chi connectivity index (χ2v) is 5.82. The number of imidazole rings is 1. The normalized spacial score (nSPS) is 17.0. The van der Waals surface area contributed by atoms with Gasteiger partial charge in [0.1, 0.15) is 0 Å². The Bertz CT molecular complexity index is 762. The average molecular weight is 291 g/mol. The SMILES string of the molecule is Cn1c(=O)c2[nH]c(NC3CCCCCC3)nc2n(C)c1=O. The molecule has 0 radical (unpaired) electrons. The molecule has 0 atom stereocenters. The summed E-state index contributed by atoms with van der Waals surface area (Å²) in [4.78, 5) is 31.4. The molecule has 7 nitrogen and oxygen atoms in total. The predicted octanol–water partition coefficient (Wildman–Crippen LogP) is 1.09. The zero-order valence-corrected chi connectivity index (χ0v) is 12.5. The molecule has 7 heteroatoms. The third-order valence-electron chi connectivity index (χ3n) is 4.29. The standard InChI is InChI=1S/C14H21N5O2/c1-18-11-10(12(20)19(2)14(18)21)16-13(17-11)15-9-7-5-3-4-6-8-9/h9H,3-8H2,1-2H3,(H2,15,16,17). The molecule has 114 valence electrons. The summed E-state index contributed by atoms with van der Waals surface area (Å²) >= 11 is 0. The molecule has 21 heavy (non-hydrogen) atoms. The molecule has 0 aliphatic heterocycles. The second-order valence-electron chi connectivity index (χ2n) is 5.82. The molecule has 2 aromatic heterocycles. The Morgan fingerprint density at radius 2 is 1.76 bits per heavy atom. The van der Waals surface area contributed by atoms with Gasteiger partial charge in [0, 0.05) is 20.1 Å². The quantitative estimate of drug-likeness (QED) is 0.811. The van der Waals surface area contributed by atoms with Gasteiger partial charge in [-0.05, 0) is 12.8 Å². The van der Waals surface area contributed by atoms with Gasteiger partial charge < -0.3 is 10.3 Å². The van der Waals surface area contributed by atoms with E-state index in [0.717, 1.165) is 17.4 Å². The van der Waals surface area contributed by atoms with E-state index in [1.165, 1.54) is 37.3 Å². The van der Waals surface area contributed by atoms with Gasteiger partial charge in [0.05, 0.1) is 0 Å². The number of rotatable bonds is 2. The van der Waals surface area contributed by atoms with E-state index in [0.29, 0.717) is 23.2 Å². The lowest BCUT2D eigenvalue weighted by Gasteiger charge is -2.14. The Morgan fingerprint density at radius 3 is 2.43 bits per heavy atom. The van der Waals surface area contributed by atoms with Crippen LogP contribution in [0.2, 0.25) is 0 Å². The molecule has 1 fully saturated rings. The Morgan fingerprint density at radius 1 is 1.10 bits per heavy atom. The van der Waals surface area contributed by atoms with Crippen molar-refractivity contribution in [2.75, 3.05) is 5.32 Å². The van der Waals surface area contributed by atoms with Crippen molar-refractivity contribution in [3.05, 3.63) is 20.8 Å². The van der Waals surface area contributed by atoms with Crippen molar-refractivity contribution in [3.8, 4) is 0 Å². The van der Waals surface area contributed by atoms with E-state index in [1.54, 1.807) is 7.05 Å². The summed E-state index contributed by atoms with van der Waals surface area (Å²) < 4.78 is 2.49. The predicted molar refractivity (Wildman–Crippen MR) is 81.7 cm³/mol. The number of aryl methyl sites for hydroxylation is 1. The molecular weight excluding hydrogens is 270 g/mol. The first-order chi connectivity index (χ1) is 10.1. The summed E-state index contributed by atoms with van der Waals surface area (Å²) in [6.45, 7) is 0. The van der Waals surface area contributed by atoms with Crippen LogP contribution in [-0.2, 0) is 14.1 Å². The van der Waals surface area contributed by atoms with Crippen molar-refractivity contribution in [2.45, 2.75) is 44.6 Å². The highest BCUT2D eigenvalue weighted by atomic mass is 16.2. The van der Waals surface area contributed by atoms with Crippen LogP contribution in [0.25, 0.3) is 11.2 Å². The van der Waals surface area contributed by atoms with Gasteiger partial charge in [0.25, 0.3) is 5.56 Å². The number of hydrogen-bond donors (Lipinski definition) is 2. The van der Waals surface area contributed by atoms with Crippen LogP contribution in [0.1, 0.15) is 38.5 Å². The maximum atomic E-state index is 12.1. The van der Waals surface area contributed by atoms with Crippen LogP contribution in [0, 0.1) is 0 Å². The summed E-state index contributed by atoms with van der Waals surface area (Å²) in [6.07, 6.45) is 7.25. The smallest absolute Gasteiger partial charge is 0.332 e. The maximum absolute atomic E-state index is 12.1. The van der Waals surface area contributed by atoms with Gasteiger partial charge in [0.15, 0.2) is 11.2 Å². The van der Waals surface area contributed by atoms with E-state index < -0.39 is 0 Å². The molecule has 0 unspecified atom stereocenters. The third kappa shape index (κ3) is 2.48. The van der Waals surface area contributed by atoms with Crippen molar-refractivity contribution in [1.82, 2.24) is 19.1 Å². The lowest BCUT2D eigenvalue weighted by Crippen LogP contribution is -2.36. The molecule has 1 aliphatic rings. The molecule has 3 rings (SSSR count). The van der Waals surface area contributed by atoms with Gasteiger partial charge in [-0.2, -0.15) is 4.98 Å². The summed E-state index contributed by atoms with van der Waals surface area (Å²) in [7, 11) is 3.10. The number of nitrogens with one attached hydrogen (secondary N) is 2. The zero-order valence-electron chi connectivity index (χ0n) is 12.5. The first-order valence-electron chi connectivity index (χ1n) is 7.50. The molecule has 0 amide bonds. The van der Waals surface area contributed by atoms with Crippen molar-refractivity contribution in [1.29, 1.82) is 0 Å². The molecule has 1 aliphatic carbocycles. The first-order valence-corrected chi connectivity index (χ1v) is 7.50. The third-order valence-corrected chi connectivity index (χ3v) is 4.29. The molecule has 2 aromatic rings. The summed E-state index contributed by atoms with van der Waals surface area (Å²) in [5.74, 6) is 0.579. The van der Waals surface area contributed by atoms with Crippen LogP contribution >= 0.6 is 0 Å². The van der Waals surface area contributed by atoms with E-state index in [2.05, 4.69) is 15.3 Å². The molecule has 1 saturated carbocycles. The van der Waals surface area contributed by atoms with Crippen LogP contribution < -0.4 is 16.6 Å². The average Bonchev–Trinajstić information content (AvgIpc) is 2.72. The van der Waals surface area contributed by atoms with Crippen LogP contribution in [0.3, 0.4) is 0 Å².